The third-order valence-electron chi connectivity index (χ3n) is 4.98. The van der Waals surface area contributed by atoms with Crippen LogP contribution in [0.25, 0.3) is 0 Å². The molecule has 1 atom stereocenters. The maximum Gasteiger partial charge on any atom is 0.243 e. The number of nitrogens with zero attached hydrogens (tertiary/aromatic N) is 3. The Morgan fingerprint density at radius 2 is 1.77 bits per heavy atom. The average Bonchev–Trinajstić information content (AvgIpc) is 2.64. The number of carbonyl (C=O) groups excluding carboxylic acids is 1. The number of benzene rings is 1. The highest BCUT2D eigenvalue weighted by Gasteiger charge is 2.34. The molecule has 0 spiro atoms. The third-order valence-corrected chi connectivity index (χ3v) is 6.86. The van der Waals surface area contributed by atoms with Crippen molar-refractivity contribution in [3.05, 3.63) is 30.1 Å². The van der Waals surface area contributed by atoms with Gasteiger partial charge in [0, 0.05) is 39.3 Å². The summed E-state index contributed by atoms with van der Waals surface area (Å²) in [5.74, 6) is -0.987. The number of hydrogen-bond acceptors (Lipinski definition) is 5. The molecule has 0 aliphatic carbocycles. The van der Waals surface area contributed by atoms with Gasteiger partial charge >= 0.3 is 0 Å². The number of likely N-dealkylation sites (N-methyl/N-ethyl adjacent to an activating group) is 1. The van der Waals surface area contributed by atoms with E-state index in [4.69, 9.17) is 0 Å². The van der Waals surface area contributed by atoms with Crippen LogP contribution < -0.4 is 5.43 Å². The smallest absolute Gasteiger partial charge is 0.243 e. The van der Waals surface area contributed by atoms with Gasteiger partial charge in [0.05, 0.1) is 10.8 Å². The van der Waals surface area contributed by atoms with Crippen LogP contribution in [-0.4, -0.2) is 74.9 Å². The molecule has 1 amide bonds. The number of rotatable bonds is 4. The molecule has 7 nitrogen and oxygen atoms in total. The normalized spacial score (nSPS) is 23.7. The fraction of sp³-hybridized carbons (Fsp3) is 0.588. The van der Waals surface area contributed by atoms with Gasteiger partial charge in [-0.2, -0.15) is 4.31 Å². The average molecular weight is 384 g/mol. The number of hydrogen-bond donors (Lipinski definition) is 1. The maximum absolute atomic E-state index is 13.1. The Labute approximate surface area is 153 Å². The van der Waals surface area contributed by atoms with E-state index < -0.39 is 15.8 Å². The number of piperazine rings is 1. The minimum atomic E-state index is -3.72. The zero-order valence-corrected chi connectivity index (χ0v) is 15.7. The lowest BCUT2D eigenvalue weighted by molar-refractivity contribution is -0.131. The van der Waals surface area contributed by atoms with Crippen LogP contribution in [0.2, 0.25) is 0 Å². The van der Waals surface area contributed by atoms with Crippen molar-refractivity contribution in [3.8, 4) is 0 Å². The van der Waals surface area contributed by atoms with Gasteiger partial charge in [0.15, 0.2) is 0 Å². The van der Waals surface area contributed by atoms with Crippen molar-refractivity contribution in [1.82, 2.24) is 19.6 Å². The molecule has 1 aromatic carbocycles. The monoisotopic (exact) mass is 384 g/mol. The van der Waals surface area contributed by atoms with Crippen LogP contribution in [-0.2, 0) is 14.8 Å². The van der Waals surface area contributed by atoms with Crippen molar-refractivity contribution in [2.24, 2.45) is 5.92 Å². The standard InChI is InChI=1S/C17H25FN4O3S/c1-20-9-11-21(12-10-20)19-17(23)14-3-2-8-22(13-14)26(24,25)16-6-4-15(18)5-7-16/h4-7,14H,2-3,8-13H2,1H3,(H,19,23)/t14-/m1/s1. The number of amides is 1. The van der Waals surface area contributed by atoms with Crippen molar-refractivity contribution in [1.29, 1.82) is 0 Å². The minimum absolute atomic E-state index is 0.0547. The first-order valence-corrected chi connectivity index (χ1v) is 10.3. The van der Waals surface area contributed by atoms with Crippen LogP contribution in [0.3, 0.4) is 0 Å². The Bertz CT molecular complexity index is 733. The first kappa shape index (κ1) is 19.2. The highest BCUT2D eigenvalue weighted by molar-refractivity contribution is 7.89. The fourth-order valence-corrected chi connectivity index (χ4v) is 4.82. The summed E-state index contributed by atoms with van der Waals surface area (Å²) in [6.45, 7) is 3.81. The van der Waals surface area contributed by atoms with Crippen LogP contribution in [0.5, 0.6) is 0 Å². The quantitative estimate of drug-likeness (QED) is 0.819. The molecule has 2 fully saturated rings. The lowest BCUT2D eigenvalue weighted by atomic mass is 9.99. The molecule has 3 rings (SSSR count). The van der Waals surface area contributed by atoms with Gasteiger partial charge in [-0.15, -0.1) is 0 Å². The van der Waals surface area contributed by atoms with Gasteiger partial charge in [-0.3, -0.25) is 10.2 Å². The number of halogens is 1. The Kier molecular flexibility index (Phi) is 5.91. The Morgan fingerprint density at radius 3 is 2.42 bits per heavy atom. The predicted molar refractivity (Wildman–Crippen MR) is 95.1 cm³/mol. The topological polar surface area (TPSA) is 73.0 Å². The van der Waals surface area contributed by atoms with E-state index >= 15 is 0 Å². The van der Waals surface area contributed by atoms with Crippen molar-refractivity contribution in [2.45, 2.75) is 17.7 Å². The summed E-state index contributed by atoms with van der Waals surface area (Å²) in [5.41, 5.74) is 2.93. The zero-order valence-electron chi connectivity index (χ0n) is 14.9. The van der Waals surface area contributed by atoms with Crippen molar-refractivity contribution in [2.75, 3.05) is 46.3 Å². The third kappa shape index (κ3) is 4.40. The zero-order chi connectivity index (χ0) is 18.7. The Hall–Kier alpha value is -1.55. The van der Waals surface area contributed by atoms with Gasteiger partial charge in [-0.1, -0.05) is 0 Å². The van der Waals surface area contributed by atoms with E-state index in [0.717, 1.165) is 38.3 Å². The molecule has 144 valence electrons. The van der Waals surface area contributed by atoms with Crippen LogP contribution in [0.4, 0.5) is 4.39 Å². The summed E-state index contributed by atoms with van der Waals surface area (Å²) >= 11 is 0. The van der Waals surface area contributed by atoms with Gasteiger partial charge in [0.2, 0.25) is 15.9 Å². The molecule has 0 radical (unpaired) electrons. The summed E-state index contributed by atoms with van der Waals surface area (Å²) in [6, 6.07) is 4.79. The highest BCUT2D eigenvalue weighted by atomic mass is 32.2. The molecule has 2 saturated heterocycles. The van der Waals surface area contributed by atoms with Gasteiger partial charge < -0.3 is 4.90 Å². The van der Waals surface area contributed by atoms with Gasteiger partial charge in [0.1, 0.15) is 5.82 Å². The summed E-state index contributed by atoms with van der Waals surface area (Å²) in [7, 11) is -1.68. The first-order chi connectivity index (χ1) is 12.4. The van der Waals surface area contributed by atoms with Crippen molar-refractivity contribution >= 4 is 15.9 Å². The SMILES string of the molecule is CN1CCN(NC(=O)[C@@H]2CCCN(S(=O)(=O)c3ccc(F)cc3)C2)CC1. The fourth-order valence-electron chi connectivity index (χ4n) is 3.30. The molecular formula is C17H25FN4O3S. The molecule has 2 aliphatic rings. The maximum atomic E-state index is 13.1. The second kappa shape index (κ2) is 7.99. The Balaban J connectivity index is 1.63. The molecule has 2 aliphatic heterocycles. The van der Waals surface area contributed by atoms with E-state index in [-0.39, 0.29) is 23.3 Å². The van der Waals surface area contributed by atoms with Gasteiger partial charge in [-0.05, 0) is 44.2 Å². The molecule has 0 aromatic heterocycles. The van der Waals surface area contributed by atoms with Gasteiger partial charge in [-0.25, -0.2) is 17.8 Å². The number of nitrogens with one attached hydrogen (secondary N) is 1. The van der Waals surface area contributed by atoms with E-state index in [1.165, 1.54) is 16.4 Å². The summed E-state index contributed by atoms with van der Waals surface area (Å²) in [4.78, 5) is 14.8. The van der Waals surface area contributed by atoms with Crippen molar-refractivity contribution < 1.29 is 17.6 Å². The van der Waals surface area contributed by atoms with E-state index in [2.05, 4.69) is 10.3 Å². The molecule has 0 saturated carbocycles. The second-order valence-corrected chi connectivity index (χ2v) is 8.86. The van der Waals surface area contributed by atoms with E-state index in [1.54, 1.807) is 0 Å². The lowest BCUT2D eigenvalue weighted by Gasteiger charge is -2.35. The second-order valence-electron chi connectivity index (χ2n) is 6.92. The number of carbonyl (C=O) groups is 1. The minimum Gasteiger partial charge on any atom is -0.304 e. The highest BCUT2D eigenvalue weighted by Crippen LogP contribution is 2.24. The van der Waals surface area contributed by atoms with Crippen LogP contribution in [0, 0.1) is 11.7 Å². The molecule has 26 heavy (non-hydrogen) atoms. The molecule has 1 N–H and O–H groups in total. The molecule has 1 aromatic rings. The summed E-state index contributed by atoms with van der Waals surface area (Å²) < 4.78 is 39.9. The van der Waals surface area contributed by atoms with E-state index in [9.17, 15) is 17.6 Å². The summed E-state index contributed by atoms with van der Waals surface area (Å²) in [6.07, 6.45) is 1.29. The van der Waals surface area contributed by atoms with Crippen LogP contribution in [0.15, 0.2) is 29.2 Å². The van der Waals surface area contributed by atoms with Crippen LogP contribution in [0.1, 0.15) is 12.8 Å². The predicted octanol–water partition coefficient (Wildman–Crippen LogP) is 0.505. The Morgan fingerprint density at radius 1 is 1.12 bits per heavy atom. The molecule has 0 bridgehead atoms. The largest absolute Gasteiger partial charge is 0.304 e. The first-order valence-electron chi connectivity index (χ1n) is 8.86. The molecule has 9 heteroatoms. The number of hydrazine groups is 1. The molecule has 0 unspecified atom stereocenters. The van der Waals surface area contributed by atoms with E-state index in [0.29, 0.717) is 19.4 Å². The molecular weight excluding hydrogens is 359 g/mol. The van der Waals surface area contributed by atoms with Gasteiger partial charge in [0.25, 0.3) is 0 Å². The number of piperidine rings is 1. The lowest BCUT2D eigenvalue weighted by Crippen LogP contribution is -2.55. The van der Waals surface area contributed by atoms with E-state index in [1.807, 2.05) is 12.1 Å². The van der Waals surface area contributed by atoms with Crippen LogP contribution >= 0.6 is 0 Å². The summed E-state index contributed by atoms with van der Waals surface area (Å²) in [5, 5.41) is 1.90. The molecule has 2 heterocycles. The number of sulfonamides is 1. The van der Waals surface area contributed by atoms with Crippen molar-refractivity contribution in [3.63, 3.8) is 0 Å².